The van der Waals surface area contributed by atoms with E-state index in [0.717, 1.165) is 31.2 Å². The minimum atomic E-state index is -0.461. The summed E-state index contributed by atoms with van der Waals surface area (Å²) in [7, 11) is 0. The molecule has 1 saturated heterocycles. The Balaban J connectivity index is 1.29. The van der Waals surface area contributed by atoms with Gasteiger partial charge in [0.05, 0.1) is 17.9 Å². The number of halogens is 1. The molecule has 1 aromatic carbocycles. The number of hydrogen-bond donors (Lipinski definition) is 0. The van der Waals surface area contributed by atoms with Gasteiger partial charge in [-0.2, -0.15) is 0 Å². The van der Waals surface area contributed by atoms with Gasteiger partial charge in [0.15, 0.2) is 5.75 Å². The van der Waals surface area contributed by atoms with Gasteiger partial charge < -0.3 is 19.1 Å². The number of anilines is 1. The van der Waals surface area contributed by atoms with E-state index in [1.165, 1.54) is 35.8 Å². The van der Waals surface area contributed by atoms with Crippen molar-refractivity contribution in [3.8, 4) is 17.0 Å². The molecule has 1 aliphatic carbocycles. The fourth-order valence-electron chi connectivity index (χ4n) is 6.56. The van der Waals surface area contributed by atoms with Gasteiger partial charge in [0, 0.05) is 30.9 Å². The average Bonchev–Trinajstić information content (AvgIpc) is 3.61. The Morgan fingerprint density at radius 1 is 1.23 bits per heavy atom. The van der Waals surface area contributed by atoms with Crippen molar-refractivity contribution >= 4 is 17.5 Å². The molecule has 3 aliphatic rings. The summed E-state index contributed by atoms with van der Waals surface area (Å²) in [6.07, 6.45) is 7.91. The van der Waals surface area contributed by atoms with E-state index < -0.39 is 5.82 Å². The van der Waals surface area contributed by atoms with Crippen molar-refractivity contribution in [2.75, 3.05) is 24.6 Å². The first-order valence-electron chi connectivity index (χ1n) is 13.9. The topological polar surface area (TPSA) is 80.6 Å². The van der Waals surface area contributed by atoms with Crippen molar-refractivity contribution in [3.05, 3.63) is 71.7 Å². The normalized spacial score (nSPS) is 19.5. The number of aromatic nitrogens is 3. The average molecular weight is 544 g/mol. The Kier molecular flexibility index (Phi) is 6.47. The van der Waals surface area contributed by atoms with Crippen LogP contribution in [0.25, 0.3) is 11.3 Å². The standard InChI is InChI=1S/C31H34FN5O3/c1-5-28(38)35-8-6-7-22(35)17-40-27-16-33-18-34-29(27)23-12-21(32)13-24(19(23)2)37-10-9-36-25(30(37)39)11-20-14-31(3,4)15-26(20)36/h5,11-13,16,18,22H,1,6-10,14-15,17H2,2-4H3/t22-/m0/s1. The Hall–Kier alpha value is -4.01. The lowest BCUT2D eigenvalue weighted by molar-refractivity contribution is -0.127. The van der Waals surface area contributed by atoms with Crippen LogP contribution in [-0.2, 0) is 24.2 Å². The summed E-state index contributed by atoms with van der Waals surface area (Å²) in [4.78, 5) is 37.9. The Labute approximate surface area is 233 Å². The zero-order valence-electron chi connectivity index (χ0n) is 23.2. The molecule has 208 valence electrons. The number of nitrogens with zero attached hydrogens (tertiary/aromatic N) is 5. The maximum absolute atomic E-state index is 15.1. The molecule has 2 amide bonds. The highest BCUT2D eigenvalue weighted by molar-refractivity contribution is 6.07. The monoisotopic (exact) mass is 543 g/mol. The maximum Gasteiger partial charge on any atom is 0.274 e. The number of ether oxygens (including phenoxy) is 1. The molecule has 0 radical (unpaired) electrons. The van der Waals surface area contributed by atoms with E-state index in [-0.39, 0.29) is 29.9 Å². The fraction of sp³-hybridized carbons (Fsp3) is 0.419. The predicted octanol–water partition coefficient (Wildman–Crippen LogP) is 4.73. The molecule has 4 heterocycles. The Morgan fingerprint density at radius 2 is 2.05 bits per heavy atom. The van der Waals surface area contributed by atoms with Crippen LogP contribution >= 0.6 is 0 Å². The second-order valence-corrected chi connectivity index (χ2v) is 11.8. The van der Waals surface area contributed by atoms with Crippen LogP contribution in [0.2, 0.25) is 0 Å². The molecule has 9 heteroatoms. The molecule has 0 bridgehead atoms. The molecule has 2 aliphatic heterocycles. The smallest absolute Gasteiger partial charge is 0.274 e. The number of carbonyl (C=O) groups is 2. The highest BCUT2D eigenvalue weighted by atomic mass is 19.1. The number of carbonyl (C=O) groups excluding carboxylic acids is 2. The van der Waals surface area contributed by atoms with E-state index >= 15 is 4.39 Å². The highest BCUT2D eigenvalue weighted by Crippen LogP contribution is 2.41. The molecular weight excluding hydrogens is 509 g/mol. The zero-order chi connectivity index (χ0) is 28.2. The summed E-state index contributed by atoms with van der Waals surface area (Å²) in [6, 6.07) is 4.78. The summed E-state index contributed by atoms with van der Waals surface area (Å²) in [6.45, 7) is 12.0. The van der Waals surface area contributed by atoms with Gasteiger partial charge in [-0.05, 0) is 73.4 Å². The van der Waals surface area contributed by atoms with Gasteiger partial charge >= 0.3 is 0 Å². The third-order valence-electron chi connectivity index (χ3n) is 8.46. The maximum atomic E-state index is 15.1. The summed E-state index contributed by atoms with van der Waals surface area (Å²) in [5, 5.41) is 0. The number of amides is 2. The molecule has 0 spiro atoms. The van der Waals surface area contributed by atoms with E-state index in [1.54, 1.807) is 16.0 Å². The van der Waals surface area contributed by atoms with Crippen molar-refractivity contribution in [1.82, 2.24) is 19.4 Å². The number of fused-ring (bicyclic) bond motifs is 3. The van der Waals surface area contributed by atoms with Crippen molar-refractivity contribution in [2.24, 2.45) is 5.41 Å². The van der Waals surface area contributed by atoms with Crippen LogP contribution in [0.4, 0.5) is 10.1 Å². The lowest BCUT2D eigenvalue weighted by Crippen LogP contribution is -2.41. The molecule has 8 nitrogen and oxygen atoms in total. The predicted molar refractivity (Wildman–Crippen MR) is 150 cm³/mol. The molecule has 1 atom stereocenters. The van der Waals surface area contributed by atoms with Crippen molar-refractivity contribution in [1.29, 1.82) is 0 Å². The first-order valence-corrected chi connectivity index (χ1v) is 13.9. The van der Waals surface area contributed by atoms with Crippen LogP contribution in [0.5, 0.6) is 5.75 Å². The minimum absolute atomic E-state index is 0.0860. The summed E-state index contributed by atoms with van der Waals surface area (Å²) in [5.41, 5.74) is 5.60. The molecule has 6 rings (SSSR count). The first kappa shape index (κ1) is 26.2. The minimum Gasteiger partial charge on any atom is -0.488 e. The van der Waals surface area contributed by atoms with Gasteiger partial charge in [0.2, 0.25) is 5.91 Å². The van der Waals surface area contributed by atoms with Crippen molar-refractivity contribution in [2.45, 2.75) is 59.0 Å². The largest absolute Gasteiger partial charge is 0.488 e. The third kappa shape index (κ3) is 4.47. The van der Waals surface area contributed by atoms with Gasteiger partial charge in [-0.25, -0.2) is 14.4 Å². The van der Waals surface area contributed by atoms with Gasteiger partial charge in [-0.15, -0.1) is 0 Å². The molecule has 2 aromatic heterocycles. The van der Waals surface area contributed by atoms with Crippen molar-refractivity contribution < 1.29 is 18.7 Å². The van der Waals surface area contributed by atoms with Gasteiger partial charge in [-0.3, -0.25) is 9.59 Å². The van der Waals surface area contributed by atoms with E-state index in [2.05, 4.69) is 35.0 Å². The number of hydrogen-bond acceptors (Lipinski definition) is 5. The van der Waals surface area contributed by atoms with Crippen LogP contribution in [0.15, 0.2) is 43.4 Å². The van der Waals surface area contributed by atoms with Crippen LogP contribution in [0.3, 0.4) is 0 Å². The van der Waals surface area contributed by atoms with Crippen LogP contribution in [0.1, 0.15) is 54.0 Å². The quantitative estimate of drug-likeness (QED) is 0.420. The van der Waals surface area contributed by atoms with E-state index in [0.29, 0.717) is 48.0 Å². The van der Waals surface area contributed by atoms with E-state index in [9.17, 15) is 9.59 Å². The fourth-order valence-corrected chi connectivity index (χ4v) is 6.56. The number of likely N-dealkylation sites (tertiary alicyclic amines) is 1. The third-order valence-corrected chi connectivity index (χ3v) is 8.46. The van der Waals surface area contributed by atoms with Crippen LogP contribution in [-0.4, -0.2) is 57.0 Å². The summed E-state index contributed by atoms with van der Waals surface area (Å²) < 4.78 is 23.4. The number of rotatable bonds is 6. The van der Waals surface area contributed by atoms with Gasteiger partial charge in [0.1, 0.15) is 30.1 Å². The molecule has 0 N–H and O–H groups in total. The number of benzene rings is 1. The Bertz CT molecular complexity index is 1530. The molecule has 0 unspecified atom stereocenters. The van der Waals surface area contributed by atoms with Crippen molar-refractivity contribution in [3.63, 3.8) is 0 Å². The van der Waals surface area contributed by atoms with E-state index in [1.807, 2.05) is 13.0 Å². The SMILES string of the molecule is C=CC(=O)N1CCC[C@H]1COc1cncnc1-c1cc(F)cc(N2CCn3c(cc4c3CC(C)(C)C4)C2=O)c1C. The molecule has 40 heavy (non-hydrogen) atoms. The molecular formula is C31H34FN5O3. The first-order chi connectivity index (χ1) is 19.2. The van der Waals surface area contributed by atoms with Gasteiger partial charge in [-0.1, -0.05) is 20.4 Å². The second-order valence-electron chi connectivity index (χ2n) is 11.8. The molecule has 0 saturated carbocycles. The highest BCUT2D eigenvalue weighted by Gasteiger charge is 2.37. The molecule has 3 aromatic rings. The second kappa shape index (κ2) is 9.87. The Morgan fingerprint density at radius 3 is 2.85 bits per heavy atom. The summed E-state index contributed by atoms with van der Waals surface area (Å²) in [5.74, 6) is -0.298. The lowest BCUT2D eigenvalue weighted by atomic mass is 9.90. The summed E-state index contributed by atoms with van der Waals surface area (Å²) >= 11 is 0. The van der Waals surface area contributed by atoms with E-state index in [4.69, 9.17) is 4.74 Å². The lowest BCUT2D eigenvalue weighted by Gasteiger charge is -2.31. The van der Waals surface area contributed by atoms with Crippen LogP contribution in [0, 0.1) is 18.2 Å². The van der Waals surface area contributed by atoms with Gasteiger partial charge in [0.25, 0.3) is 5.91 Å². The zero-order valence-corrected chi connectivity index (χ0v) is 23.2. The van der Waals surface area contributed by atoms with Crippen LogP contribution < -0.4 is 9.64 Å². The molecule has 1 fully saturated rings.